The van der Waals surface area contributed by atoms with Gasteiger partial charge in [0.2, 0.25) is 11.8 Å². The van der Waals surface area contributed by atoms with Crippen molar-refractivity contribution in [1.82, 2.24) is 20.4 Å². The van der Waals surface area contributed by atoms with E-state index >= 15 is 0 Å². The summed E-state index contributed by atoms with van der Waals surface area (Å²) in [6.45, 7) is 8.03. The summed E-state index contributed by atoms with van der Waals surface area (Å²) < 4.78 is 0. The molecule has 2 heterocycles. The van der Waals surface area contributed by atoms with E-state index in [4.69, 9.17) is 0 Å². The van der Waals surface area contributed by atoms with Crippen LogP contribution < -0.4 is 10.6 Å². The number of hydrogen-bond donors (Lipinski definition) is 2. The summed E-state index contributed by atoms with van der Waals surface area (Å²) >= 11 is 0. The summed E-state index contributed by atoms with van der Waals surface area (Å²) in [4.78, 5) is 28.5. The maximum Gasteiger partial charge on any atom is 0.233 e. The Hall–Kier alpha value is -1.14. The summed E-state index contributed by atoms with van der Waals surface area (Å²) in [6, 6.07) is 0. The van der Waals surface area contributed by atoms with Gasteiger partial charge in [-0.1, -0.05) is 6.92 Å². The molecule has 1 unspecified atom stereocenters. The molecular formula is C16H30N4O2. The van der Waals surface area contributed by atoms with Crippen molar-refractivity contribution in [3.05, 3.63) is 0 Å². The molecule has 0 spiro atoms. The van der Waals surface area contributed by atoms with E-state index in [9.17, 15) is 9.59 Å². The quantitative estimate of drug-likeness (QED) is 0.719. The van der Waals surface area contributed by atoms with Gasteiger partial charge in [0.15, 0.2) is 0 Å². The molecule has 6 heteroatoms. The number of piperidine rings is 1. The van der Waals surface area contributed by atoms with Gasteiger partial charge in [-0.15, -0.1) is 0 Å². The molecule has 0 aliphatic carbocycles. The lowest BCUT2D eigenvalue weighted by Crippen LogP contribution is -2.42. The highest BCUT2D eigenvalue weighted by Gasteiger charge is 2.32. The predicted octanol–water partition coefficient (Wildman–Crippen LogP) is -0.0976. The highest BCUT2D eigenvalue weighted by Crippen LogP contribution is 2.23. The average Bonchev–Trinajstić information content (AvgIpc) is 3.01. The third kappa shape index (κ3) is 4.68. The number of carbonyl (C=O) groups excluding carboxylic acids is 2. The Balaban J connectivity index is 1.71. The van der Waals surface area contributed by atoms with Gasteiger partial charge in [-0.25, -0.2) is 0 Å². The first-order valence-electron chi connectivity index (χ1n) is 8.56. The van der Waals surface area contributed by atoms with Crippen LogP contribution in [0.3, 0.4) is 0 Å². The zero-order valence-corrected chi connectivity index (χ0v) is 13.9. The number of hydrogen-bond acceptors (Lipinski definition) is 4. The summed E-state index contributed by atoms with van der Waals surface area (Å²) in [5.74, 6) is 0.972. The van der Waals surface area contributed by atoms with Crippen LogP contribution in [-0.4, -0.2) is 74.5 Å². The number of nitrogens with zero attached hydrogens (tertiary/aromatic N) is 2. The summed E-state index contributed by atoms with van der Waals surface area (Å²) in [5, 5.41) is 5.77. The molecule has 2 fully saturated rings. The van der Waals surface area contributed by atoms with E-state index in [-0.39, 0.29) is 11.8 Å². The van der Waals surface area contributed by atoms with Crippen LogP contribution in [0.1, 0.15) is 26.2 Å². The number of likely N-dealkylation sites (N-methyl/N-ethyl adjacent to an activating group) is 1. The maximum atomic E-state index is 12.6. The molecular weight excluding hydrogens is 280 g/mol. The van der Waals surface area contributed by atoms with E-state index < -0.39 is 0 Å². The SMILES string of the molecule is CCN1CCC(C(=O)N2CCC(CNC(=O)CNC)C2)CC1. The molecule has 0 radical (unpaired) electrons. The molecule has 2 aliphatic rings. The first-order chi connectivity index (χ1) is 10.6. The first kappa shape index (κ1) is 17.2. The van der Waals surface area contributed by atoms with E-state index in [1.807, 2.05) is 4.90 Å². The molecule has 0 bridgehead atoms. The van der Waals surface area contributed by atoms with Gasteiger partial charge in [-0.2, -0.15) is 0 Å². The zero-order chi connectivity index (χ0) is 15.9. The second-order valence-electron chi connectivity index (χ2n) is 6.48. The second kappa shape index (κ2) is 8.48. The van der Waals surface area contributed by atoms with Gasteiger partial charge in [-0.05, 0) is 51.9 Å². The Morgan fingerprint density at radius 3 is 2.50 bits per heavy atom. The second-order valence-corrected chi connectivity index (χ2v) is 6.48. The Labute approximate surface area is 133 Å². The molecule has 0 aromatic rings. The van der Waals surface area contributed by atoms with Crippen LogP contribution in [-0.2, 0) is 9.59 Å². The molecule has 2 rings (SSSR count). The van der Waals surface area contributed by atoms with Crippen molar-refractivity contribution >= 4 is 11.8 Å². The van der Waals surface area contributed by atoms with Gasteiger partial charge in [0.1, 0.15) is 0 Å². The highest BCUT2D eigenvalue weighted by atomic mass is 16.2. The Kier molecular flexibility index (Phi) is 6.64. The van der Waals surface area contributed by atoms with Crippen LogP contribution >= 0.6 is 0 Å². The fourth-order valence-corrected chi connectivity index (χ4v) is 3.44. The molecule has 126 valence electrons. The molecule has 0 aromatic carbocycles. The predicted molar refractivity (Wildman–Crippen MR) is 86.5 cm³/mol. The number of amides is 2. The van der Waals surface area contributed by atoms with E-state index in [0.29, 0.717) is 24.9 Å². The monoisotopic (exact) mass is 310 g/mol. The van der Waals surface area contributed by atoms with Gasteiger partial charge in [-0.3, -0.25) is 9.59 Å². The van der Waals surface area contributed by atoms with Crippen LogP contribution in [0.2, 0.25) is 0 Å². The van der Waals surface area contributed by atoms with Crippen LogP contribution in [0.15, 0.2) is 0 Å². The molecule has 2 amide bonds. The summed E-state index contributed by atoms with van der Waals surface area (Å²) in [6.07, 6.45) is 2.98. The molecule has 1 atom stereocenters. The van der Waals surface area contributed by atoms with Crippen LogP contribution in [0.4, 0.5) is 0 Å². The fraction of sp³-hybridized carbons (Fsp3) is 0.875. The number of nitrogens with one attached hydrogen (secondary N) is 2. The molecule has 6 nitrogen and oxygen atoms in total. The number of rotatable bonds is 6. The highest BCUT2D eigenvalue weighted by molar-refractivity contribution is 5.79. The average molecular weight is 310 g/mol. The normalized spacial score (nSPS) is 23.7. The Morgan fingerprint density at radius 2 is 1.86 bits per heavy atom. The third-order valence-electron chi connectivity index (χ3n) is 4.91. The van der Waals surface area contributed by atoms with Crippen LogP contribution in [0.25, 0.3) is 0 Å². The van der Waals surface area contributed by atoms with Crippen molar-refractivity contribution in [2.24, 2.45) is 11.8 Å². The van der Waals surface area contributed by atoms with Crippen LogP contribution in [0.5, 0.6) is 0 Å². The fourth-order valence-electron chi connectivity index (χ4n) is 3.44. The molecule has 2 saturated heterocycles. The Morgan fingerprint density at radius 1 is 1.14 bits per heavy atom. The largest absolute Gasteiger partial charge is 0.355 e. The first-order valence-corrected chi connectivity index (χ1v) is 8.56. The lowest BCUT2D eigenvalue weighted by atomic mass is 9.95. The van der Waals surface area contributed by atoms with E-state index in [1.54, 1.807) is 7.05 Å². The molecule has 0 aromatic heterocycles. The smallest absolute Gasteiger partial charge is 0.233 e. The maximum absolute atomic E-state index is 12.6. The minimum Gasteiger partial charge on any atom is -0.355 e. The zero-order valence-electron chi connectivity index (χ0n) is 13.9. The van der Waals surface area contributed by atoms with Gasteiger partial charge in [0, 0.05) is 25.6 Å². The third-order valence-corrected chi connectivity index (χ3v) is 4.91. The number of likely N-dealkylation sites (tertiary alicyclic amines) is 2. The van der Waals surface area contributed by atoms with Gasteiger partial charge < -0.3 is 20.4 Å². The molecule has 22 heavy (non-hydrogen) atoms. The van der Waals surface area contributed by atoms with Crippen LogP contribution in [0, 0.1) is 11.8 Å². The summed E-state index contributed by atoms with van der Waals surface area (Å²) in [5.41, 5.74) is 0. The van der Waals surface area contributed by atoms with Crippen molar-refractivity contribution in [3.63, 3.8) is 0 Å². The van der Waals surface area contributed by atoms with E-state index in [0.717, 1.165) is 52.0 Å². The minimum absolute atomic E-state index is 0.0271. The van der Waals surface area contributed by atoms with Crippen molar-refractivity contribution < 1.29 is 9.59 Å². The standard InChI is InChI=1S/C16H30N4O2/c1-3-19-7-5-14(6-8-19)16(22)20-9-4-13(12-20)10-18-15(21)11-17-2/h13-14,17H,3-12H2,1-2H3,(H,18,21). The topological polar surface area (TPSA) is 64.7 Å². The molecule has 0 saturated carbocycles. The van der Waals surface area contributed by atoms with Gasteiger partial charge >= 0.3 is 0 Å². The molecule has 2 N–H and O–H groups in total. The van der Waals surface area contributed by atoms with Crippen molar-refractivity contribution in [1.29, 1.82) is 0 Å². The lowest BCUT2D eigenvalue weighted by Gasteiger charge is -2.32. The van der Waals surface area contributed by atoms with Crippen molar-refractivity contribution in [2.45, 2.75) is 26.2 Å². The summed E-state index contributed by atoms with van der Waals surface area (Å²) in [7, 11) is 1.76. The van der Waals surface area contributed by atoms with E-state index in [1.165, 1.54) is 0 Å². The lowest BCUT2D eigenvalue weighted by molar-refractivity contribution is -0.136. The van der Waals surface area contributed by atoms with Crippen molar-refractivity contribution in [2.75, 3.05) is 52.9 Å². The van der Waals surface area contributed by atoms with Gasteiger partial charge in [0.05, 0.1) is 6.54 Å². The van der Waals surface area contributed by atoms with Gasteiger partial charge in [0.25, 0.3) is 0 Å². The van der Waals surface area contributed by atoms with E-state index in [2.05, 4.69) is 22.5 Å². The minimum atomic E-state index is 0.0271. The Bertz CT molecular complexity index is 380. The number of carbonyl (C=O) groups is 2. The van der Waals surface area contributed by atoms with Crippen molar-refractivity contribution in [3.8, 4) is 0 Å². The molecule has 2 aliphatic heterocycles.